The van der Waals surface area contributed by atoms with Crippen molar-refractivity contribution in [3.8, 4) is 0 Å². The maximum Gasteiger partial charge on any atom is 0.303 e. The van der Waals surface area contributed by atoms with Crippen molar-refractivity contribution in [2.45, 2.75) is 19.3 Å². The van der Waals surface area contributed by atoms with Crippen LogP contribution < -0.4 is 0 Å². The summed E-state index contributed by atoms with van der Waals surface area (Å²) in [4.78, 5) is 9.75. The second-order valence-electron chi connectivity index (χ2n) is 1.54. The van der Waals surface area contributed by atoms with Gasteiger partial charge in [0.05, 0.1) is 6.67 Å². The molecule has 0 aliphatic rings. The van der Waals surface area contributed by atoms with Gasteiger partial charge in [-0.3, -0.25) is 9.18 Å². The number of aliphatic carboxylic acids is 1. The molecule has 0 aliphatic carbocycles. The Labute approximate surface area is 59.5 Å². The number of alkyl halides is 1. The van der Waals surface area contributed by atoms with E-state index in [1.54, 1.807) is 0 Å². The number of carboxylic acids is 1. The van der Waals surface area contributed by atoms with Crippen LogP contribution in [0.2, 0.25) is 0 Å². The third kappa shape index (κ3) is 11.3. The molecule has 56 valence electrons. The summed E-state index contributed by atoms with van der Waals surface area (Å²) in [6.45, 7) is -0.409. The Morgan fingerprint density at radius 3 is 2.33 bits per heavy atom. The standard InChI is InChI=1S/C5H9FO2.ClH/c6-4-2-1-3-5(7)8;/h1-4H2,(H,7,8);1H. The molecule has 0 unspecified atom stereocenters. The first-order valence-corrected chi connectivity index (χ1v) is 2.55. The van der Waals surface area contributed by atoms with Crippen molar-refractivity contribution >= 4 is 18.4 Å². The Morgan fingerprint density at radius 2 is 2.00 bits per heavy atom. The van der Waals surface area contributed by atoms with Gasteiger partial charge >= 0.3 is 5.97 Å². The summed E-state index contributed by atoms with van der Waals surface area (Å²) in [5.41, 5.74) is 0. The van der Waals surface area contributed by atoms with Crippen molar-refractivity contribution in [2.75, 3.05) is 6.67 Å². The highest BCUT2D eigenvalue weighted by Gasteiger charge is 1.93. The van der Waals surface area contributed by atoms with Crippen molar-refractivity contribution in [1.29, 1.82) is 0 Å². The van der Waals surface area contributed by atoms with Gasteiger partial charge in [-0.15, -0.1) is 12.4 Å². The van der Waals surface area contributed by atoms with Gasteiger partial charge in [0, 0.05) is 6.42 Å². The third-order valence-corrected chi connectivity index (χ3v) is 0.774. The molecule has 0 saturated carbocycles. The van der Waals surface area contributed by atoms with E-state index in [-0.39, 0.29) is 18.8 Å². The molecule has 0 amide bonds. The van der Waals surface area contributed by atoms with Crippen LogP contribution in [0.3, 0.4) is 0 Å². The normalized spacial score (nSPS) is 8.11. The van der Waals surface area contributed by atoms with Crippen molar-refractivity contribution in [3.63, 3.8) is 0 Å². The highest BCUT2D eigenvalue weighted by atomic mass is 35.5. The highest BCUT2D eigenvalue weighted by Crippen LogP contribution is 1.94. The molecule has 0 aromatic rings. The van der Waals surface area contributed by atoms with E-state index in [4.69, 9.17) is 5.11 Å². The van der Waals surface area contributed by atoms with Crippen LogP contribution in [0.15, 0.2) is 0 Å². The van der Waals surface area contributed by atoms with Gasteiger partial charge in [-0.1, -0.05) is 0 Å². The molecule has 1 N–H and O–H groups in total. The summed E-state index contributed by atoms with van der Waals surface area (Å²) in [7, 11) is 0. The molecular weight excluding hydrogens is 147 g/mol. The molecule has 0 aromatic heterocycles. The summed E-state index contributed by atoms with van der Waals surface area (Å²) < 4.78 is 11.3. The molecule has 0 rings (SSSR count). The van der Waals surface area contributed by atoms with Crippen LogP contribution >= 0.6 is 12.4 Å². The summed E-state index contributed by atoms with van der Waals surface area (Å²) in [5.74, 6) is -0.849. The van der Waals surface area contributed by atoms with Crippen LogP contribution in [0, 0.1) is 0 Å². The Morgan fingerprint density at radius 1 is 1.44 bits per heavy atom. The van der Waals surface area contributed by atoms with Crippen LogP contribution in [0.5, 0.6) is 0 Å². The topological polar surface area (TPSA) is 37.3 Å². The first kappa shape index (κ1) is 11.5. The van der Waals surface area contributed by atoms with Crippen molar-refractivity contribution < 1.29 is 14.3 Å². The van der Waals surface area contributed by atoms with Gasteiger partial charge in [-0.25, -0.2) is 0 Å². The van der Waals surface area contributed by atoms with E-state index in [0.29, 0.717) is 12.8 Å². The highest BCUT2D eigenvalue weighted by molar-refractivity contribution is 5.85. The second kappa shape index (κ2) is 7.69. The van der Waals surface area contributed by atoms with Crippen molar-refractivity contribution in [3.05, 3.63) is 0 Å². The van der Waals surface area contributed by atoms with E-state index in [1.807, 2.05) is 0 Å². The molecule has 4 heteroatoms. The second-order valence-corrected chi connectivity index (χ2v) is 1.54. The zero-order valence-electron chi connectivity index (χ0n) is 4.97. The van der Waals surface area contributed by atoms with E-state index in [1.165, 1.54) is 0 Å². The van der Waals surface area contributed by atoms with E-state index < -0.39 is 12.6 Å². The SMILES string of the molecule is Cl.O=C(O)CCCCF. The molecule has 0 saturated heterocycles. The number of hydrogen-bond acceptors (Lipinski definition) is 1. The fraction of sp³-hybridized carbons (Fsp3) is 0.800. The Balaban J connectivity index is 0. The van der Waals surface area contributed by atoms with Crippen molar-refractivity contribution in [2.24, 2.45) is 0 Å². The van der Waals surface area contributed by atoms with Gasteiger partial charge in [0.15, 0.2) is 0 Å². The van der Waals surface area contributed by atoms with Crippen molar-refractivity contribution in [1.82, 2.24) is 0 Å². The lowest BCUT2D eigenvalue weighted by Gasteiger charge is -1.88. The number of unbranched alkanes of at least 4 members (excludes halogenated alkanes) is 1. The first-order chi connectivity index (χ1) is 3.77. The number of carbonyl (C=O) groups is 1. The van der Waals surface area contributed by atoms with Gasteiger partial charge in [-0.05, 0) is 12.8 Å². The minimum atomic E-state index is -0.849. The van der Waals surface area contributed by atoms with Gasteiger partial charge in [-0.2, -0.15) is 0 Å². The smallest absolute Gasteiger partial charge is 0.303 e. The summed E-state index contributed by atoms with van der Waals surface area (Å²) in [6.07, 6.45) is 0.905. The average Bonchev–Trinajstić information content (AvgIpc) is 1.66. The number of carboxylic acid groups (broad SMARTS) is 1. The lowest BCUT2D eigenvalue weighted by Crippen LogP contribution is -1.93. The molecule has 0 radical (unpaired) electrons. The zero-order valence-corrected chi connectivity index (χ0v) is 5.79. The van der Waals surface area contributed by atoms with Crippen LogP contribution in [-0.2, 0) is 4.79 Å². The largest absolute Gasteiger partial charge is 0.481 e. The average molecular weight is 157 g/mol. The molecule has 0 bridgehead atoms. The third-order valence-electron chi connectivity index (χ3n) is 0.774. The minimum Gasteiger partial charge on any atom is -0.481 e. The molecule has 0 aromatic carbocycles. The number of hydrogen-bond donors (Lipinski definition) is 1. The maximum atomic E-state index is 11.3. The fourth-order valence-corrected chi connectivity index (χ4v) is 0.371. The van der Waals surface area contributed by atoms with Gasteiger partial charge in [0.2, 0.25) is 0 Å². The molecule has 9 heavy (non-hydrogen) atoms. The lowest BCUT2D eigenvalue weighted by atomic mass is 10.2. The zero-order chi connectivity index (χ0) is 6.41. The summed E-state index contributed by atoms with van der Waals surface area (Å²) in [6, 6.07) is 0. The first-order valence-electron chi connectivity index (χ1n) is 2.55. The molecule has 0 aliphatic heterocycles. The monoisotopic (exact) mass is 156 g/mol. The van der Waals surface area contributed by atoms with Crippen LogP contribution in [0.25, 0.3) is 0 Å². The molecule has 2 nitrogen and oxygen atoms in total. The predicted octanol–water partition coefficient (Wildman–Crippen LogP) is 1.63. The van der Waals surface area contributed by atoms with Gasteiger partial charge in [0.25, 0.3) is 0 Å². The quantitative estimate of drug-likeness (QED) is 0.629. The Hall–Kier alpha value is -0.310. The van der Waals surface area contributed by atoms with E-state index in [9.17, 15) is 9.18 Å². The van der Waals surface area contributed by atoms with Crippen LogP contribution in [0.4, 0.5) is 4.39 Å². The fourth-order valence-electron chi connectivity index (χ4n) is 0.371. The Bertz CT molecular complexity index is 77.4. The molecular formula is C5H10ClFO2. The lowest BCUT2D eigenvalue weighted by molar-refractivity contribution is -0.137. The number of rotatable bonds is 4. The van der Waals surface area contributed by atoms with Gasteiger partial charge < -0.3 is 5.11 Å². The maximum absolute atomic E-state index is 11.3. The predicted molar refractivity (Wildman–Crippen MR) is 34.7 cm³/mol. The van der Waals surface area contributed by atoms with Crippen LogP contribution in [-0.4, -0.2) is 17.8 Å². The molecule has 0 heterocycles. The van der Waals surface area contributed by atoms with E-state index in [0.717, 1.165) is 0 Å². The summed E-state index contributed by atoms with van der Waals surface area (Å²) >= 11 is 0. The van der Waals surface area contributed by atoms with E-state index in [2.05, 4.69) is 0 Å². The summed E-state index contributed by atoms with van der Waals surface area (Å²) in [5, 5.41) is 8.02. The number of halogens is 2. The molecule has 0 fully saturated rings. The van der Waals surface area contributed by atoms with Gasteiger partial charge in [0.1, 0.15) is 0 Å². The Kier molecular flexibility index (Phi) is 9.81. The van der Waals surface area contributed by atoms with E-state index >= 15 is 0 Å². The minimum absolute atomic E-state index is 0. The van der Waals surface area contributed by atoms with Crippen LogP contribution in [0.1, 0.15) is 19.3 Å². The molecule has 0 spiro atoms. The molecule has 0 atom stereocenters.